The van der Waals surface area contributed by atoms with Gasteiger partial charge >= 0.3 is 0 Å². The van der Waals surface area contributed by atoms with E-state index in [1.54, 1.807) is 12.0 Å². The SMILES string of the molecule is COCCN1C(=O)/C(=C\c2ccn(C(C)C)c2)SC1=Nc1ccccc1. The van der Waals surface area contributed by atoms with Gasteiger partial charge < -0.3 is 9.30 Å². The van der Waals surface area contributed by atoms with Gasteiger partial charge in [-0.25, -0.2) is 4.99 Å². The van der Waals surface area contributed by atoms with E-state index in [1.807, 2.05) is 48.7 Å². The van der Waals surface area contributed by atoms with Gasteiger partial charge in [0.25, 0.3) is 5.91 Å². The van der Waals surface area contributed by atoms with Crippen LogP contribution in [0.15, 0.2) is 58.7 Å². The highest BCUT2D eigenvalue weighted by atomic mass is 32.2. The van der Waals surface area contributed by atoms with E-state index in [1.165, 1.54) is 11.8 Å². The Kier molecular flexibility index (Phi) is 5.96. The molecular formula is C20H23N3O2S. The molecule has 6 heteroatoms. The van der Waals surface area contributed by atoms with Gasteiger partial charge in [-0.15, -0.1) is 0 Å². The van der Waals surface area contributed by atoms with Gasteiger partial charge in [-0.2, -0.15) is 0 Å². The van der Waals surface area contributed by atoms with Gasteiger partial charge in [-0.1, -0.05) is 18.2 Å². The highest BCUT2D eigenvalue weighted by Crippen LogP contribution is 2.34. The third-order valence-electron chi connectivity index (χ3n) is 4.02. The Balaban J connectivity index is 1.89. The van der Waals surface area contributed by atoms with Crippen LogP contribution < -0.4 is 0 Å². The minimum absolute atomic E-state index is 0.0287. The molecule has 26 heavy (non-hydrogen) atoms. The predicted molar refractivity (Wildman–Crippen MR) is 108 cm³/mol. The number of hydrogen-bond acceptors (Lipinski definition) is 4. The molecular weight excluding hydrogens is 346 g/mol. The lowest BCUT2D eigenvalue weighted by molar-refractivity contribution is -0.122. The Morgan fingerprint density at radius 2 is 2.00 bits per heavy atom. The van der Waals surface area contributed by atoms with Crippen molar-refractivity contribution >= 4 is 34.6 Å². The monoisotopic (exact) mass is 369 g/mol. The second kappa shape index (κ2) is 8.38. The van der Waals surface area contributed by atoms with Gasteiger partial charge in [0.2, 0.25) is 0 Å². The van der Waals surface area contributed by atoms with Crippen LogP contribution in [0.3, 0.4) is 0 Å². The highest BCUT2D eigenvalue weighted by molar-refractivity contribution is 8.18. The summed E-state index contributed by atoms with van der Waals surface area (Å²) in [5.74, 6) is -0.0287. The molecule has 5 nitrogen and oxygen atoms in total. The zero-order valence-electron chi connectivity index (χ0n) is 15.3. The number of amidine groups is 1. The molecule has 0 radical (unpaired) electrons. The highest BCUT2D eigenvalue weighted by Gasteiger charge is 2.33. The number of para-hydroxylation sites is 1. The van der Waals surface area contributed by atoms with Gasteiger partial charge in [0.1, 0.15) is 0 Å². The number of aromatic nitrogens is 1. The molecule has 2 heterocycles. The molecule has 0 saturated carbocycles. The number of carbonyl (C=O) groups excluding carboxylic acids is 1. The molecule has 1 aliphatic rings. The van der Waals surface area contributed by atoms with Crippen molar-refractivity contribution in [2.45, 2.75) is 19.9 Å². The van der Waals surface area contributed by atoms with Crippen LogP contribution in [-0.2, 0) is 9.53 Å². The fourth-order valence-corrected chi connectivity index (χ4v) is 3.60. The summed E-state index contributed by atoms with van der Waals surface area (Å²) in [6.45, 7) is 5.21. The Hall–Kier alpha value is -2.31. The number of carbonyl (C=O) groups is 1. The van der Waals surface area contributed by atoms with E-state index in [-0.39, 0.29) is 5.91 Å². The summed E-state index contributed by atoms with van der Waals surface area (Å²) in [5.41, 5.74) is 1.85. The first-order chi connectivity index (χ1) is 12.6. The van der Waals surface area contributed by atoms with Crippen LogP contribution in [-0.4, -0.2) is 40.8 Å². The van der Waals surface area contributed by atoms with Gasteiger partial charge in [0.05, 0.1) is 23.7 Å². The number of rotatable bonds is 6. The quantitative estimate of drug-likeness (QED) is 0.713. The van der Waals surface area contributed by atoms with Crippen molar-refractivity contribution in [2.75, 3.05) is 20.3 Å². The minimum atomic E-state index is -0.0287. The van der Waals surface area contributed by atoms with Crippen molar-refractivity contribution < 1.29 is 9.53 Å². The second-order valence-electron chi connectivity index (χ2n) is 6.28. The lowest BCUT2D eigenvalue weighted by Gasteiger charge is -2.14. The average molecular weight is 369 g/mol. The summed E-state index contributed by atoms with van der Waals surface area (Å²) in [6.07, 6.45) is 6.01. The molecule has 0 atom stereocenters. The van der Waals surface area contributed by atoms with Crippen molar-refractivity contribution in [3.63, 3.8) is 0 Å². The topological polar surface area (TPSA) is 46.8 Å². The van der Waals surface area contributed by atoms with Crippen molar-refractivity contribution in [3.8, 4) is 0 Å². The number of hydrogen-bond donors (Lipinski definition) is 0. The first-order valence-electron chi connectivity index (χ1n) is 8.60. The van der Waals surface area contributed by atoms with Crippen molar-refractivity contribution in [3.05, 3.63) is 59.3 Å². The minimum Gasteiger partial charge on any atom is -0.383 e. The van der Waals surface area contributed by atoms with Crippen LogP contribution in [0.4, 0.5) is 5.69 Å². The molecule has 1 aromatic carbocycles. The number of methoxy groups -OCH3 is 1. The number of benzene rings is 1. The van der Waals surface area contributed by atoms with Gasteiger partial charge in [-0.05, 0) is 55.4 Å². The summed E-state index contributed by atoms with van der Waals surface area (Å²) in [6, 6.07) is 12.1. The van der Waals surface area contributed by atoms with Crippen LogP contribution in [0, 0.1) is 0 Å². The third-order valence-corrected chi connectivity index (χ3v) is 5.03. The predicted octanol–water partition coefficient (Wildman–Crippen LogP) is 4.32. The molecule has 1 aromatic heterocycles. The molecule has 0 unspecified atom stereocenters. The van der Waals surface area contributed by atoms with Gasteiger partial charge in [0.15, 0.2) is 5.17 Å². The molecule has 1 aliphatic heterocycles. The number of thioether (sulfide) groups is 1. The molecule has 0 N–H and O–H groups in total. The van der Waals surface area contributed by atoms with Crippen LogP contribution >= 0.6 is 11.8 Å². The number of nitrogens with zero attached hydrogens (tertiary/aromatic N) is 3. The molecule has 136 valence electrons. The lowest BCUT2D eigenvalue weighted by Crippen LogP contribution is -2.32. The molecule has 0 spiro atoms. The van der Waals surface area contributed by atoms with E-state index in [4.69, 9.17) is 4.74 Å². The van der Waals surface area contributed by atoms with Crippen molar-refractivity contribution in [1.82, 2.24) is 9.47 Å². The number of ether oxygens (including phenoxy) is 1. The maximum absolute atomic E-state index is 12.9. The summed E-state index contributed by atoms with van der Waals surface area (Å²) in [7, 11) is 1.63. The van der Waals surface area contributed by atoms with Gasteiger partial charge in [-0.3, -0.25) is 9.69 Å². The molecule has 0 bridgehead atoms. The molecule has 3 rings (SSSR count). The Labute approximate surface area is 158 Å². The number of aliphatic imine (C=N–C) groups is 1. The van der Waals surface area contributed by atoms with Crippen LogP contribution in [0.5, 0.6) is 0 Å². The molecule has 2 aromatic rings. The molecule has 0 aliphatic carbocycles. The first kappa shape index (κ1) is 18.5. The van der Waals surface area contributed by atoms with E-state index >= 15 is 0 Å². The largest absolute Gasteiger partial charge is 0.383 e. The fourth-order valence-electron chi connectivity index (χ4n) is 2.57. The molecule has 1 amide bonds. The maximum Gasteiger partial charge on any atom is 0.266 e. The molecule has 1 saturated heterocycles. The summed E-state index contributed by atoms with van der Waals surface area (Å²) in [4.78, 5) is 19.9. The van der Waals surface area contributed by atoms with E-state index in [9.17, 15) is 4.79 Å². The van der Waals surface area contributed by atoms with Crippen LogP contribution in [0.1, 0.15) is 25.5 Å². The first-order valence-corrected chi connectivity index (χ1v) is 9.41. The normalized spacial score (nSPS) is 17.8. The smallest absolute Gasteiger partial charge is 0.266 e. The lowest BCUT2D eigenvalue weighted by atomic mass is 10.3. The molecule has 1 fully saturated rings. The number of amides is 1. The fraction of sp³-hybridized carbons (Fsp3) is 0.300. The summed E-state index contributed by atoms with van der Waals surface area (Å²) in [5, 5.41) is 0.688. The average Bonchev–Trinajstić information content (AvgIpc) is 3.21. The Morgan fingerprint density at radius 3 is 2.65 bits per heavy atom. The van der Waals surface area contributed by atoms with E-state index in [2.05, 4.69) is 29.6 Å². The van der Waals surface area contributed by atoms with E-state index in [0.29, 0.717) is 29.3 Å². The maximum atomic E-state index is 12.9. The second-order valence-corrected chi connectivity index (χ2v) is 7.29. The summed E-state index contributed by atoms with van der Waals surface area (Å²) < 4.78 is 7.28. The van der Waals surface area contributed by atoms with Crippen LogP contribution in [0.2, 0.25) is 0 Å². The van der Waals surface area contributed by atoms with Crippen molar-refractivity contribution in [1.29, 1.82) is 0 Å². The Bertz CT molecular complexity index is 825. The Morgan fingerprint density at radius 1 is 1.23 bits per heavy atom. The van der Waals surface area contributed by atoms with Gasteiger partial charge in [0, 0.05) is 25.5 Å². The zero-order valence-corrected chi connectivity index (χ0v) is 16.1. The third kappa shape index (κ3) is 4.26. The van der Waals surface area contributed by atoms with Crippen molar-refractivity contribution in [2.24, 2.45) is 4.99 Å². The van der Waals surface area contributed by atoms with E-state index in [0.717, 1.165) is 11.3 Å². The van der Waals surface area contributed by atoms with Crippen LogP contribution in [0.25, 0.3) is 6.08 Å². The van der Waals surface area contributed by atoms with E-state index < -0.39 is 0 Å². The standard InChI is InChI=1S/C20H23N3O2S/c1-15(2)22-10-9-16(14-22)13-18-19(24)23(11-12-25-3)20(26-18)21-17-7-5-4-6-8-17/h4-10,13-15H,11-12H2,1-3H3/b18-13+,21-20?. The summed E-state index contributed by atoms with van der Waals surface area (Å²) >= 11 is 1.41. The zero-order chi connectivity index (χ0) is 18.5.